The number of carbonyl (C=O) groups is 1. The smallest absolute Gasteiger partial charge is 0.287 e. The lowest BCUT2D eigenvalue weighted by molar-refractivity contribution is 0.0844. The van der Waals surface area contributed by atoms with Crippen LogP contribution in [0.4, 0.5) is 0 Å². The summed E-state index contributed by atoms with van der Waals surface area (Å²) in [6.07, 6.45) is 5.22. The quantitative estimate of drug-likeness (QED) is 0.852. The van der Waals surface area contributed by atoms with Crippen molar-refractivity contribution in [2.45, 2.75) is 51.5 Å². The normalized spacial score (nSPS) is 27.2. The topological polar surface area (TPSA) is 42.2 Å². The molecule has 106 valence electrons. The second kappa shape index (κ2) is 6.12. The molecule has 3 nitrogen and oxygen atoms in total. The fraction of sp³-hybridized carbons (Fsp3) is 0.667. The Hall–Kier alpha value is -0.770. The Morgan fingerprint density at radius 1 is 1.47 bits per heavy atom. The summed E-state index contributed by atoms with van der Waals surface area (Å²) in [7, 11) is 0. The standard InChI is InChI=1S/C15H22BrNO2/c1-3-12-4-5-13(19-12)14(18)17-15(10-16)8-6-11(2)7-9-15/h4-5,11H,3,6-10H2,1-2H3,(H,17,18). The van der Waals surface area contributed by atoms with Gasteiger partial charge in [-0.2, -0.15) is 0 Å². The molecule has 1 aromatic rings. The van der Waals surface area contributed by atoms with Crippen LogP contribution in [0.5, 0.6) is 0 Å². The molecule has 4 heteroatoms. The van der Waals surface area contributed by atoms with Gasteiger partial charge in [-0.05, 0) is 43.7 Å². The summed E-state index contributed by atoms with van der Waals surface area (Å²) in [5.41, 5.74) is -0.108. The van der Waals surface area contributed by atoms with Crippen LogP contribution in [-0.2, 0) is 6.42 Å². The summed E-state index contributed by atoms with van der Waals surface area (Å²) in [6.45, 7) is 4.29. The molecule has 0 spiro atoms. The molecule has 1 amide bonds. The Labute approximate surface area is 123 Å². The lowest BCUT2D eigenvalue weighted by atomic mass is 9.78. The molecule has 0 atom stereocenters. The van der Waals surface area contributed by atoms with Crippen molar-refractivity contribution < 1.29 is 9.21 Å². The molecule has 1 heterocycles. The van der Waals surface area contributed by atoms with Crippen LogP contribution in [0.3, 0.4) is 0 Å². The fourth-order valence-electron chi connectivity index (χ4n) is 2.60. The van der Waals surface area contributed by atoms with Crippen LogP contribution >= 0.6 is 15.9 Å². The molecule has 1 saturated carbocycles. The average Bonchev–Trinajstić information content (AvgIpc) is 2.91. The van der Waals surface area contributed by atoms with Gasteiger partial charge < -0.3 is 9.73 Å². The maximum absolute atomic E-state index is 12.3. The highest BCUT2D eigenvalue weighted by molar-refractivity contribution is 9.09. The van der Waals surface area contributed by atoms with Crippen molar-refractivity contribution >= 4 is 21.8 Å². The average molecular weight is 328 g/mol. The third-order valence-corrected chi connectivity index (χ3v) is 5.17. The van der Waals surface area contributed by atoms with Gasteiger partial charge in [0, 0.05) is 11.8 Å². The van der Waals surface area contributed by atoms with Gasteiger partial charge in [0.15, 0.2) is 5.76 Å². The molecule has 0 bridgehead atoms. The molecular weight excluding hydrogens is 306 g/mol. The summed E-state index contributed by atoms with van der Waals surface area (Å²) in [4.78, 5) is 12.3. The number of nitrogens with one attached hydrogen (secondary N) is 1. The second-order valence-electron chi connectivity index (χ2n) is 5.67. The number of rotatable bonds is 4. The number of hydrogen-bond donors (Lipinski definition) is 1. The van der Waals surface area contributed by atoms with Crippen LogP contribution in [0.1, 0.15) is 55.8 Å². The van der Waals surface area contributed by atoms with Gasteiger partial charge >= 0.3 is 0 Å². The Kier molecular flexibility index (Phi) is 4.71. The van der Waals surface area contributed by atoms with E-state index in [2.05, 4.69) is 28.2 Å². The van der Waals surface area contributed by atoms with E-state index < -0.39 is 0 Å². The molecule has 1 aromatic heterocycles. The molecular formula is C15H22BrNO2. The molecule has 0 aliphatic heterocycles. The summed E-state index contributed by atoms with van der Waals surface area (Å²) in [5.74, 6) is 1.96. The zero-order valence-electron chi connectivity index (χ0n) is 11.7. The van der Waals surface area contributed by atoms with E-state index in [-0.39, 0.29) is 11.4 Å². The number of furan rings is 1. The van der Waals surface area contributed by atoms with E-state index in [1.54, 1.807) is 6.07 Å². The Bertz CT molecular complexity index is 433. The van der Waals surface area contributed by atoms with Crippen molar-refractivity contribution in [3.8, 4) is 0 Å². The van der Waals surface area contributed by atoms with E-state index in [1.807, 2.05) is 13.0 Å². The van der Waals surface area contributed by atoms with E-state index in [4.69, 9.17) is 4.42 Å². The number of alkyl halides is 1. The largest absolute Gasteiger partial charge is 0.456 e. The minimum Gasteiger partial charge on any atom is -0.456 e. The number of hydrogen-bond acceptors (Lipinski definition) is 2. The predicted octanol–water partition coefficient (Wildman–Crippen LogP) is 3.92. The first-order valence-electron chi connectivity index (χ1n) is 7.06. The highest BCUT2D eigenvalue weighted by atomic mass is 79.9. The zero-order valence-corrected chi connectivity index (χ0v) is 13.3. The lowest BCUT2D eigenvalue weighted by Gasteiger charge is -2.38. The lowest BCUT2D eigenvalue weighted by Crippen LogP contribution is -2.51. The molecule has 1 aliphatic carbocycles. The number of amides is 1. The molecule has 1 aliphatic rings. The number of halogens is 1. The minimum atomic E-state index is -0.108. The molecule has 0 unspecified atom stereocenters. The number of carbonyl (C=O) groups excluding carboxylic acids is 1. The molecule has 0 aromatic carbocycles. The summed E-state index contributed by atoms with van der Waals surface area (Å²) in [6, 6.07) is 3.64. The highest BCUT2D eigenvalue weighted by Gasteiger charge is 2.35. The first-order chi connectivity index (χ1) is 9.08. The van der Waals surface area contributed by atoms with Crippen molar-refractivity contribution in [3.63, 3.8) is 0 Å². The van der Waals surface area contributed by atoms with Crippen molar-refractivity contribution in [3.05, 3.63) is 23.7 Å². The van der Waals surface area contributed by atoms with Gasteiger partial charge in [-0.1, -0.05) is 29.8 Å². The van der Waals surface area contributed by atoms with Gasteiger partial charge in [0.05, 0.1) is 5.54 Å². The third-order valence-electron chi connectivity index (χ3n) is 4.10. The van der Waals surface area contributed by atoms with Crippen LogP contribution in [0.25, 0.3) is 0 Å². The van der Waals surface area contributed by atoms with Crippen LogP contribution in [0.2, 0.25) is 0 Å². The fourth-order valence-corrected chi connectivity index (χ4v) is 3.30. The monoisotopic (exact) mass is 327 g/mol. The van der Waals surface area contributed by atoms with Gasteiger partial charge in [0.25, 0.3) is 5.91 Å². The van der Waals surface area contributed by atoms with Crippen LogP contribution < -0.4 is 5.32 Å². The molecule has 19 heavy (non-hydrogen) atoms. The predicted molar refractivity (Wildman–Crippen MR) is 79.7 cm³/mol. The minimum absolute atomic E-state index is 0.0892. The summed E-state index contributed by atoms with van der Waals surface area (Å²) >= 11 is 3.56. The highest BCUT2D eigenvalue weighted by Crippen LogP contribution is 2.33. The van der Waals surface area contributed by atoms with E-state index in [0.717, 1.165) is 36.3 Å². The number of aryl methyl sites for hydroxylation is 1. The molecule has 2 rings (SSSR count). The Balaban J connectivity index is 2.03. The Morgan fingerprint density at radius 2 is 2.16 bits per heavy atom. The van der Waals surface area contributed by atoms with E-state index >= 15 is 0 Å². The van der Waals surface area contributed by atoms with E-state index in [9.17, 15) is 4.79 Å². The molecule has 1 N–H and O–H groups in total. The van der Waals surface area contributed by atoms with Crippen LogP contribution in [0.15, 0.2) is 16.5 Å². The van der Waals surface area contributed by atoms with Gasteiger partial charge in [0.2, 0.25) is 0 Å². The van der Waals surface area contributed by atoms with Gasteiger partial charge in [-0.15, -0.1) is 0 Å². The molecule has 1 fully saturated rings. The van der Waals surface area contributed by atoms with Gasteiger partial charge in [-0.3, -0.25) is 4.79 Å². The van der Waals surface area contributed by atoms with Crippen molar-refractivity contribution in [2.75, 3.05) is 5.33 Å². The first-order valence-corrected chi connectivity index (χ1v) is 8.18. The third kappa shape index (κ3) is 3.41. The molecule has 0 saturated heterocycles. The van der Waals surface area contributed by atoms with Crippen LogP contribution in [-0.4, -0.2) is 16.8 Å². The van der Waals surface area contributed by atoms with Crippen molar-refractivity contribution in [1.29, 1.82) is 0 Å². The van der Waals surface area contributed by atoms with Crippen molar-refractivity contribution in [1.82, 2.24) is 5.32 Å². The zero-order chi connectivity index (χ0) is 13.9. The van der Waals surface area contributed by atoms with E-state index in [1.165, 1.54) is 12.8 Å². The SMILES string of the molecule is CCc1ccc(C(=O)NC2(CBr)CCC(C)CC2)o1. The first kappa shape index (κ1) is 14.6. The maximum atomic E-state index is 12.3. The second-order valence-corrected chi connectivity index (χ2v) is 6.23. The maximum Gasteiger partial charge on any atom is 0.287 e. The van der Waals surface area contributed by atoms with Crippen LogP contribution in [0, 0.1) is 5.92 Å². The van der Waals surface area contributed by atoms with Crippen molar-refractivity contribution in [2.24, 2.45) is 5.92 Å². The van der Waals surface area contributed by atoms with Gasteiger partial charge in [-0.25, -0.2) is 0 Å². The molecule has 0 radical (unpaired) electrons. The summed E-state index contributed by atoms with van der Waals surface area (Å²) in [5, 5.41) is 3.98. The van der Waals surface area contributed by atoms with E-state index in [0.29, 0.717) is 5.76 Å². The summed E-state index contributed by atoms with van der Waals surface area (Å²) < 4.78 is 5.52. The Morgan fingerprint density at radius 3 is 2.68 bits per heavy atom. The van der Waals surface area contributed by atoms with Gasteiger partial charge in [0.1, 0.15) is 5.76 Å².